The Bertz CT molecular complexity index is 2710. The number of thiocarbonyl (C=S) groups is 2. The molecule has 0 N–H and O–H groups in total. The Kier molecular flexibility index (Phi) is 10.3. The van der Waals surface area contributed by atoms with E-state index in [0.717, 1.165) is 46.6 Å². The zero-order valence-corrected chi connectivity index (χ0v) is 36.3. The Morgan fingerprint density at radius 2 is 1.19 bits per heavy atom. The number of fused-ring (bicyclic) bond motifs is 7. The fraction of sp³-hybridized carbons (Fsp3) is 0.179. The minimum absolute atomic E-state index is 0.0705. The van der Waals surface area contributed by atoms with E-state index in [2.05, 4.69) is 0 Å². The SMILES string of the molecule is CCN1C(=O)/C(=N/c2cc3c(s2)-c2sc4c(sc5cc(/N=C6\SC(=S)N(CC)C6=O)sc54)c2C3(C(=O)OCc2ccccc2)C(=O)OCc2ccccc2)SC1=S. The molecule has 0 spiro atoms. The quantitative estimate of drug-likeness (QED) is 0.0747. The van der Waals surface area contributed by atoms with Crippen molar-refractivity contribution in [3.05, 3.63) is 95.1 Å². The van der Waals surface area contributed by atoms with Gasteiger partial charge in [-0.15, -0.1) is 45.3 Å². The summed E-state index contributed by atoms with van der Waals surface area (Å²) >= 11 is 18.8. The van der Waals surface area contributed by atoms with Crippen molar-refractivity contribution in [2.24, 2.45) is 9.98 Å². The van der Waals surface area contributed by atoms with E-state index in [4.69, 9.17) is 43.9 Å². The Morgan fingerprint density at radius 1 is 0.667 bits per heavy atom. The summed E-state index contributed by atoms with van der Waals surface area (Å²) in [5.74, 6) is -2.06. The molecule has 2 aliphatic heterocycles. The second-order valence-corrected chi connectivity index (χ2v) is 20.1. The van der Waals surface area contributed by atoms with Crippen molar-refractivity contribution in [2.75, 3.05) is 13.1 Å². The number of ether oxygens (including phenoxy) is 2. The molecule has 9 rings (SSSR count). The van der Waals surface area contributed by atoms with Crippen LogP contribution in [0.15, 0.2) is 82.8 Å². The van der Waals surface area contributed by atoms with Crippen LogP contribution in [-0.4, -0.2) is 65.4 Å². The van der Waals surface area contributed by atoms with Gasteiger partial charge < -0.3 is 9.47 Å². The average molecular weight is 903 g/mol. The molecule has 6 heterocycles. The minimum Gasteiger partial charge on any atom is -0.459 e. The first kappa shape index (κ1) is 38.4. The largest absolute Gasteiger partial charge is 0.459 e. The number of hydrogen-bond donors (Lipinski definition) is 0. The van der Waals surface area contributed by atoms with Crippen molar-refractivity contribution in [3.8, 4) is 9.75 Å². The van der Waals surface area contributed by atoms with Crippen molar-refractivity contribution in [1.29, 1.82) is 0 Å². The van der Waals surface area contributed by atoms with Gasteiger partial charge in [-0.25, -0.2) is 9.98 Å². The molecule has 2 aromatic carbocycles. The molecule has 6 aromatic rings. The van der Waals surface area contributed by atoms with Crippen molar-refractivity contribution in [1.82, 2.24) is 9.80 Å². The monoisotopic (exact) mass is 902 g/mol. The molecule has 2 fully saturated rings. The van der Waals surface area contributed by atoms with E-state index in [1.807, 2.05) is 80.6 Å². The number of thiophene rings is 4. The number of esters is 2. The first-order valence-corrected chi connectivity index (χ1v) is 23.1. The van der Waals surface area contributed by atoms with Gasteiger partial charge in [0.15, 0.2) is 10.1 Å². The minimum atomic E-state index is -2.01. The third-order valence-corrected chi connectivity index (χ3v) is 17.1. The van der Waals surface area contributed by atoms with E-state index in [1.165, 1.54) is 66.9 Å². The zero-order chi connectivity index (χ0) is 39.6. The Morgan fingerprint density at radius 3 is 1.70 bits per heavy atom. The van der Waals surface area contributed by atoms with Crippen LogP contribution in [0, 0.1) is 0 Å². The summed E-state index contributed by atoms with van der Waals surface area (Å²) in [6, 6.07) is 22.2. The molecule has 3 aliphatic rings. The van der Waals surface area contributed by atoms with Gasteiger partial charge >= 0.3 is 11.9 Å². The molecular weight excluding hydrogens is 877 g/mol. The zero-order valence-electron chi connectivity index (χ0n) is 29.8. The van der Waals surface area contributed by atoms with Crippen LogP contribution in [0.5, 0.6) is 0 Å². The summed E-state index contributed by atoms with van der Waals surface area (Å²) in [7, 11) is 0. The lowest BCUT2D eigenvalue weighted by atomic mass is 9.79. The van der Waals surface area contributed by atoms with Crippen LogP contribution in [0.25, 0.3) is 28.6 Å². The smallest absolute Gasteiger partial charge is 0.333 e. The Labute approximate surface area is 360 Å². The maximum absolute atomic E-state index is 15.0. The van der Waals surface area contributed by atoms with Crippen LogP contribution in [-0.2, 0) is 47.3 Å². The third kappa shape index (κ3) is 6.41. The third-order valence-electron chi connectivity index (χ3n) is 9.43. The lowest BCUT2D eigenvalue weighted by molar-refractivity contribution is -0.164. The highest BCUT2D eigenvalue weighted by Crippen LogP contribution is 2.63. The number of hydrogen-bond acceptors (Lipinski definition) is 16. The lowest BCUT2D eigenvalue weighted by Gasteiger charge is -2.26. The van der Waals surface area contributed by atoms with Crippen molar-refractivity contribution in [3.63, 3.8) is 0 Å². The number of carbonyl (C=O) groups is 4. The molecule has 0 bridgehead atoms. The number of nitrogens with zero attached hydrogens (tertiary/aromatic N) is 4. The van der Waals surface area contributed by atoms with E-state index < -0.39 is 17.4 Å². The molecule has 0 unspecified atom stereocenters. The summed E-state index contributed by atoms with van der Waals surface area (Å²) in [6.07, 6.45) is 0. The van der Waals surface area contributed by atoms with Crippen LogP contribution in [0.3, 0.4) is 0 Å². The molecule has 4 aromatic heterocycles. The standard InChI is InChI=1S/C39H26N4O6S8/c1-3-42-33(44)31(56-37(42)50)40-23-15-21-26(53-23)28-25(29-30(55-28)27-22(52-29)16-24(54-27)41-32-34(45)43(4-2)38(51)57-32)39(21,35(46)48-17-19-11-7-5-8-12-19)36(47)49-18-20-13-9-6-10-14-20/h5-16H,3-4,17-18H2,1-2H3/b40-31-,41-32-. The molecule has 2 saturated heterocycles. The normalized spacial score (nSPS) is 17.5. The molecule has 57 heavy (non-hydrogen) atoms. The second kappa shape index (κ2) is 15.2. The summed E-state index contributed by atoms with van der Waals surface area (Å²) in [4.78, 5) is 70.0. The van der Waals surface area contributed by atoms with Crippen LogP contribution >= 0.6 is 93.3 Å². The van der Waals surface area contributed by atoms with Crippen LogP contribution in [0.4, 0.5) is 10.0 Å². The van der Waals surface area contributed by atoms with Crippen molar-refractivity contribution >= 4 is 165 Å². The number of thioether (sulfide) groups is 2. The van der Waals surface area contributed by atoms with Gasteiger partial charge in [-0.1, -0.05) is 85.1 Å². The maximum Gasteiger partial charge on any atom is 0.333 e. The van der Waals surface area contributed by atoms with E-state index in [9.17, 15) is 9.59 Å². The van der Waals surface area contributed by atoms with E-state index in [-0.39, 0.29) is 30.1 Å². The van der Waals surface area contributed by atoms with Gasteiger partial charge in [-0.2, -0.15) is 0 Å². The molecule has 0 atom stereocenters. The Hall–Kier alpha value is -4.14. The van der Waals surface area contributed by atoms with Gasteiger partial charge in [-0.3, -0.25) is 29.0 Å². The maximum atomic E-state index is 15.0. The number of rotatable bonds is 10. The van der Waals surface area contributed by atoms with Gasteiger partial charge in [0.05, 0.1) is 23.9 Å². The van der Waals surface area contributed by atoms with Gasteiger partial charge in [0.2, 0.25) is 5.41 Å². The molecular formula is C39H26N4O6S8. The number of aliphatic imine (C=N–C) groups is 2. The molecule has 0 radical (unpaired) electrons. The highest BCUT2D eigenvalue weighted by molar-refractivity contribution is 8.35. The van der Waals surface area contributed by atoms with Crippen LogP contribution < -0.4 is 0 Å². The van der Waals surface area contributed by atoms with Crippen molar-refractivity contribution < 1.29 is 28.7 Å². The summed E-state index contributed by atoms with van der Waals surface area (Å²) in [5.41, 5.74) is 0.404. The van der Waals surface area contributed by atoms with Gasteiger partial charge in [-0.05, 0) is 60.6 Å². The molecule has 10 nitrogen and oxygen atoms in total. The van der Waals surface area contributed by atoms with Gasteiger partial charge in [0.1, 0.15) is 31.9 Å². The highest BCUT2D eigenvalue weighted by atomic mass is 32.2. The van der Waals surface area contributed by atoms with E-state index in [1.54, 1.807) is 6.07 Å². The summed E-state index contributed by atoms with van der Waals surface area (Å²) in [5, 5.41) is 1.62. The van der Waals surface area contributed by atoms with E-state index in [0.29, 0.717) is 52.8 Å². The molecule has 18 heteroatoms. The summed E-state index contributed by atoms with van der Waals surface area (Å²) < 4.78 is 16.5. The number of carbonyl (C=O) groups excluding carboxylic acids is 4. The first-order valence-electron chi connectivity index (χ1n) is 17.4. The van der Waals surface area contributed by atoms with Gasteiger partial charge in [0, 0.05) is 28.9 Å². The predicted octanol–water partition coefficient (Wildman–Crippen LogP) is 9.81. The van der Waals surface area contributed by atoms with E-state index >= 15 is 9.59 Å². The molecule has 2 amide bonds. The fourth-order valence-electron chi connectivity index (χ4n) is 6.76. The molecule has 0 saturated carbocycles. The van der Waals surface area contributed by atoms with Crippen LogP contribution in [0.1, 0.15) is 36.1 Å². The van der Waals surface area contributed by atoms with Crippen molar-refractivity contribution in [2.45, 2.75) is 32.5 Å². The van der Waals surface area contributed by atoms with Crippen LogP contribution in [0.2, 0.25) is 0 Å². The molecule has 286 valence electrons. The predicted molar refractivity (Wildman–Crippen MR) is 241 cm³/mol. The first-order chi connectivity index (χ1) is 27.6. The highest BCUT2D eigenvalue weighted by Gasteiger charge is 2.61. The Balaban J connectivity index is 1.21. The lowest BCUT2D eigenvalue weighted by Crippen LogP contribution is -2.45. The summed E-state index contributed by atoms with van der Waals surface area (Å²) in [6.45, 7) is 4.45. The average Bonchev–Trinajstić information content (AvgIpc) is 4.07. The second-order valence-electron chi connectivity index (χ2n) is 12.7. The fourth-order valence-corrected chi connectivity index (χ4v) is 14.9. The topological polar surface area (TPSA) is 118 Å². The number of amides is 2. The number of benzene rings is 2. The molecule has 1 aliphatic carbocycles. The van der Waals surface area contributed by atoms with Gasteiger partial charge in [0.25, 0.3) is 11.8 Å².